The van der Waals surface area contributed by atoms with Crippen LogP contribution in [0.4, 0.5) is 5.69 Å². The summed E-state index contributed by atoms with van der Waals surface area (Å²) in [5.74, 6) is -0.0594. The van der Waals surface area contributed by atoms with Crippen molar-refractivity contribution in [2.45, 2.75) is 33.7 Å². The van der Waals surface area contributed by atoms with Crippen molar-refractivity contribution < 1.29 is 4.79 Å². The third-order valence-electron chi connectivity index (χ3n) is 3.21. The van der Waals surface area contributed by atoms with Gasteiger partial charge in [0.25, 0.3) is 5.91 Å². The molecule has 4 nitrogen and oxygen atoms in total. The topological polar surface area (TPSA) is 54.0 Å². The van der Waals surface area contributed by atoms with Crippen LogP contribution in [0.5, 0.6) is 0 Å². The van der Waals surface area contributed by atoms with E-state index in [1.807, 2.05) is 52.1 Å². The minimum Gasteiger partial charge on any atom is -0.385 e. The van der Waals surface area contributed by atoms with Crippen LogP contribution >= 0.6 is 11.3 Å². The summed E-state index contributed by atoms with van der Waals surface area (Å²) in [6.45, 7) is 8.84. The van der Waals surface area contributed by atoms with Gasteiger partial charge in [-0.25, -0.2) is 4.98 Å². The molecule has 0 radical (unpaired) electrons. The zero-order chi connectivity index (χ0) is 15.4. The molecule has 1 aromatic heterocycles. The van der Waals surface area contributed by atoms with Gasteiger partial charge in [-0.3, -0.25) is 4.79 Å². The second-order valence-electron chi connectivity index (χ2n) is 5.06. The molecule has 0 saturated heterocycles. The van der Waals surface area contributed by atoms with E-state index in [2.05, 4.69) is 15.6 Å². The van der Waals surface area contributed by atoms with Gasteiger partial charge in [0.2, 0.25) is 0 Å². The van der Waals surface area contributed by atoms with E-state index < -0.39 is 0 Å². The molecule has 0 saturated carbocycles. The van der Waals surface area contributed by atoms with Crippen LogP contribution < -0.4 is 10.6 Å². The number of hydrogen-bond donors (Lipinski definition) is 2. The Labute approximate surface area is 129 Å². The fourth-order valence-electron chi connectivity index (χ4n) is 2.14. The Morgan fingerprint density at radius 2 is 2.14 bits per heavy atom. The van der Waals surface area contributed by atoms with E-state index in [4.69, 9.17) is 0 Å². The summed E-state index contributed by atoms with van der Waals surface area (Å²) in [5, 5.41) is 7.18. The van der Waals surface area contributed by atoms with Gasteiger partial charge >= 0.3 is 0 Å². The van der Waals surface area contributed by atoms with E-state index in [1.165, 1.54) is 0 Å². The van der Waals surface area contributed by atoms with Crippen LogP contribution in [0.1, 0.15) is 45.7 Å². The van der Waals surface area contributed by atoms with Crippen LogP contribution in [-0.4, -0.2) is 17.4 Å². The summed E-state index contributed by atoms with van der Waals surface area (Å²) in [6, 6.07) is 5.71. The average molecular weight is 303 g/mol. The molecule has 5 heteroatoms. The summed E-state index contributed by atoms with van der Waals surface area (Å²) in [4.78, 5) is 17.8. The van der Waals surface area contributed by atoms with Crippen LogP contribution in [0.15, 0.2) is 24.4 Å². The Hall–Kier alpha value is -1.88. The summed E-state index contributed by atoms with van der Waals surface area (Å²) >= 11 is 1.61. The fourth-order valence-corrected chi connectivity index (χ4v) is 2.92. The number of carbonyl (C=O) groups is 1. The Balaban J connectivity index is 2.09. The Morgan fingerprint density at radius 3 is 2.71 bits per heavy atom. The van der Waals surface area contributed by atoms with Crippen LogP contribution in [0, 0.1) is 13.8 Å². The lowest BCUT2D eigenvalue weighted by atomic mass is 10.1. The third-order valence-corrected chi connectivity index (χ3v) is 4.30. The standard InChI is InChI=1S/C16H21N3OS/c1-5-17-13-6-7-14(10(2)8-13)15(20)19-12(4)16-18-9-11(3)21-16/h6-9,12,17H,5H2,1-4H3,(H,19,20). The molecule has 0 spiro atoms. The minimum atomic E-state index is -0.0796. The van der Waals surface area contributed by atoms with Gasteiger partial charge in [-0.05, 0) is 51.5 Å². The molecule has 2 rings (SSSR count). The molecule has 1 heterocycles. The Kier molecular flexibility index (Phi) is 4.96. The maximum Gasteiger partial charge on any atom is 0.252 e. The number of rotatable bonds is 5. The normalized spacial score (nSPS) is 12.0. The van der Waals surface area contributed by atoms with E-state index in [1.54, 1.807) is 11.3 Å². The van der Waals surface area contributed by atoms with Crippen molar-refractivity contribution in [3.05, 3.63) is 45.4 Å². The first-order valence-electron chi connectivity index (χ1n) is 7.09. The summed E-state index contributed by atoms with van der Waals surface area (Å²) in [6.07, 6.45) is 1.83. The van der Waals surface area contributed by atoms with Gasteiger partial charge < -0.3 is 10.6 Å². The first kappa shape index (κ1) is 15.5. The Morgan fingerprint density at radius 1 is 1.38 bits per heavy atom. The van der Waals surface area contributed by atoms with Crippen molar-refractivity contribution >= 4 is 22.9 Å². The zero-order valence-electron chi connectivity index (χ0n) is 12.9. The van der Waals surface area contributed by atoms with Crippen LogP contribution in [0.2, 0.25) is 0 Å². The molecule has 1 unspecified atom stereocenters. The summed E-state index contributed by atoms with van der Waals surface area (Å²) in [5.41, 5.74) is 2.71. The predicted octanol–water partition coefficient (Wildman–Crippen LogP) is 3.68. The van der Waals surface area contributed by atoms with Crippen molar-refractivity contribution in [1.82, 2.24) is 10.3 Å². The molecule has 1 atom stereocenters. The lowest BCUT2D eigenvalue weighted by Gasteiger charge is -2.13. The molecule has 2 aromatic rings. The lowest BCUT2D eigenvalue weighted by Crippen LogP contribution is -2.27. The maximum atomic E-state index is 12.4. The van der Waals surface area contributed by atoms with Gasteiger partial charge in [0.05, 0.1) is 6.04 Å². The van der Waals surface area contributed by atoms with Crippen molar-refractivity contribution in [2.75, 3.05) is 11.9 Å². The first-order valence-corrected chi connectivity index (χ1v) is 7.90. The predicted molar refractivity (Wildman–Crippen MR) is 88.1 cm³/mol. The molecule has 21 heavy (non-hydrogen) atoms. The van der Waals surface area contributed by atoms with Gasteiger partial charge in [0.1, 0.15) is 5.01 Å². The molecule has 1 aromatic carbocycles. The monoisotopic (exact) mass is 303 g/mol. The van der Waals surface area contributed by atoms with Gasteiger partial charge in [0.15, 0.2) is 0 Å². The van der Waals surface area contributed by atoms with Gasteiger partial charge in [0, 0.05) is 28.9 Å². The number of amides is 1. The van der Waals surface area contributed by atoms with E-state index in [9.17, 15) is 4.79 Å². The number of nitrogens with zero attached hydrogens (tertiary/aromatic N) is 1. The molecule has 2 N–H and O–H groups in total. The molecule has 0 fully saturated rings. The summed E-state index contributed by atoms with van der Waals surface area (Å²) in [7, 11) is 0. The van der Waals surface area contributed by atoms with Gasteiger partial charge in [-0.15, -0.1) is 11.3 Å². The zero-order valence-corrected chi connectivity index (χ0v) is 13.7. The number of thiazole rings is 1. The Bertz CT molecular complexity index is 636. The first-order chi connectivity index (χ1) is 10.0. The van der Waals surface area contributed by atoms with Crippen LogP contribution in [-0.2, 0) is 0 Å². The number of aromatic nitrogens is 1. The van der Waals surface area contributed by atoms with E-state index in [0.29, 0.717) is 5.56 Å². The maximum absolute atomic E-state index is 12.4. The van der Waals surface area contributed by atoms with Crippen molar-refractivity contribution in [1.29, 1.82) is 0 Å². The van der Waals surface area contributed by atoms with E-state index in [0.717, 1.165) is 27.7 Å². The molecule has 0 bridgehead atoms. The van der Waals surface area contributed by atoms with Crippen LogP contribution in [0.25, 0.3) is 0 Å². The highest BCUT2D eigenvalue weighted by atomic mass is 32.1. The van der Waals surface area contributed by atoms with Crippen LogP contribution in [0.3, 0.4) is 0 Å². The molecule has 1 amide bonds. The largest absolute Gasteiger partial charge is 0.385 e. The van der Waals surface area contributed by atoms with Gasteiger partial charge in [-0.1, -0.05) is 0 Å². The van der Waals surface area contributed by atoms with Gasteiger partial charge in [-0.2, -0.15) is 0 Å². The second-order valence-corrected chi connectivity index (χ2v) is 6.33. The average Bonchev–Trinajstić information content (AvgIpc) is 2.86. The number of nitrogens with one attached hydrogen (secondary N) is 2. The second kappa shape index (κ2) is 6.72. The highest BCUT2D eigenvalue weighted by molar-refractivity contribution is 7.11. The van der Waals surface area contributed by atoms with Crippen molar-refractivity contribution in [3.8, 4) is 0 Å². The number of anilines is 1. The molecular weight excluding hydrogens is 282 g/mol. The molecule has 0 aliphatic heterocycles. The quantitative estimate of drug-likeness (QED) is 0.886. The molecule has 0 aliphatic carbocycles. The smallest absolute Gasteiger partial charge is 0.252 e. The van der Waals surface area contributed by atoms with E-state index in [-0.39, 0.29) is 11.9 Å². The highest BCUT2D eigenvalue weighted by Gasteiger charge is 2.15. The molecule has 112 valence electrons. The summed E-state index contributed by atoms with van der Waals surface area (Å²) < 4.78 is 0. The number of aryl methyl sites for hydroxylation is 2. The fraction of sp³-hybridized carbons (Fsp3) is 0.375. The minimum absolute atomic E-state index is 0.0594. The molecule has 0 aliphatic rings. The number of hydrogen-bond acceptors (Lipinski definition) is 4. The van der Waals surface area contributed by atoms with E-state index >= 15 is 0 Å². The molecular formula is C16H21N3OS. The van der Waals surface area contributed by atoms with Crippen molar-refractivity contribution in [3.63, 3.8) is 0 Å². The van der Waals surface area contributed by atoms with Crippen molar-refractivity contribution in [2.24, 2.45) is 0 Å². The lowest BCUT2D eigenvalue weighted by molar-refractivity contribution is 0.0939. The highest BCUT2D eigenvalue weighted by Crippen LogP contribution is 2.20. The number of carbonyl (C=O) groups excluding carboxylic acids is 1. The third kappa shape index (κ3) is 3.82. The number of benzene rings is 1. The SMILES string of the molecule is CCNc1ccc(C(=O)NC(C)c2ncc(C)s2)c(C)c1.